The normalized spacial score (nSPS) is 23.5. The van der Waals surface area contributed by atoms with Crippen molar-refractivity contribution in [3.8, 4) is 0 Å². The van der Waals surface area contributed by atoms with Gasteiger partial charge in [0.05, 0.1) is 16.7 Å². The number of pyridine rings is 1. The molecule has 3 rings (SSSR count). The molecule has 0 saturated heterocycles. The van der Waals surface area contributed by atoms with Crippen molar-refractivity contribution < 1.29 is 13.9 Å². The van der Waals surface area contributed by atoms with Gasteiger partial charge in [0.2, 0.25) is 5.76 Å². The SMILES string of the molecule is CNC(=S)C1(c2cccnc2)CCCCC1OC(=O)c1ccco1. The van der Waals surface area contributed by atoms with Crippen molar-refractivity contribution in [1.29, 1.82) is 0 Å². The van der Waals surface area contributed by atoms with Crippen LogP contribution in [0, 0.1) is 0 Å². The van der Waals surface area contributed by atoms with Crippen LogP contribution in [0.4, 0.5) is 0 Å². The van der Waals surface area contributed by atoms with Gasteiger partial charge in [-0.25, -0.2) is 4.79 Å². The molecule has 2 atom stereocenters. The van der Waals surface area contributed by atoms with E-state index in [1.807, 2.05) is 18.3 Å². The van der Waals surface area contributed by atoms with Crippen LogP contribution in [0.5, 0.6) is 0 Å². The summed E-state index contributed by atoms with van der Waals surface area (Å²) in [6.07, 6.45) is 8.22. The Labute approximate surface area is 146 Å². The minimum absolute atomic E-state index is 0.205. The third kappa shape index (κ3) is 2.94. The van der Waals surface area contributed by atoms with Crippen LogP contribution in [0.3, 0.4) is 0 Å². The van der Waals surface area contributed by atoms with Gasteiger partial charge in [0.15, 0.2) is 0 Å². The Bertz CT molecular complexity index is 702. The van der Waals surface area contributed by atoms with Crippen LogP contribution in [-0.2, 0) is 10.2 Å². The Morgan fingerprint density at radius 1 is 1.42 bits per heavy atom. The Morgan fingerprint density at radius 2 is 2.29 bits per heavy atom. The zero-order chi connectivity index (χ0) is 17.0. The second kappa shape index (κ2) is 7.13. The van der Waals surface area contributed by atoms with Gasteiger partial charge in [-0.1, -0.05) is 24.7 Å². The van der Waals surface area contributed by atoms with Crippen molar-refractivity contribution in [2.45, 2.75) is 37.2 Å². The number of hydrogen-bond donors (Lipinski definition) is 1. The van der Waals surface area contributed by atoms with Gasteiger partial charge in [-0.15, -0.1) is 0 Å². The van der Waals surface area contributed by atoms with Crippen molar-refractivity contribution in [3.05, 3.63) is 54.2 Å². The molecule has 2 aromatic heterocycles. The minimum Gasteiger partial charge on any atom is -0.457 e. The summed E-state index contributed by atoms with van der Waals surface area (Å²) in [5, 5.41) is 3.10. The number of carbonyl (C=O) groups is 1. The van der Waals surface area contributed by atoms with Crippen LogP contribution in [0.2, 0.25) is 0 Å². The van der Waals surface area contributed by atoms with Crippen LogP contribution in [0.1, 0.15) is 41.8 Å². The lowest BCUT2D eigenvalue weighted by Crippen LogP contribution is -2.53. The summed E-state index contributed by atoms with van der Waals surface area (Å²) in [6, 6.07) is 7.16. The summed E-state index contributed by atoms with van der Waals surface area (Å²) < 4.78 is 11.0. The molecule has 5 nitrogen and oxygen atoms in total. The summed E-state index contributed by atoms with van der Waals surface area (Å²) in [7, 11) is 1.81. The highest BCUT2D eigenvalue weighted by Crippen LogP contribution is 2.42. The lowest BCUT2D eigenvalue weighted by Gasteiger charge is -2.43. The number of carbonyl (C=O) groups excluding carboxylic acids is 1. The maximum Gasteiger partial charge on any atom is 0.374 e. The summed E-state index contributed by atoms with van der Waals surface area (Å²) in [5.41, 5.74) is 0.417. The third-order valence-electron chi connectivity index (χ3n) is 4.62. The van der Waals surface area contributed by atoms with Crippen LogP contribution in [0.25, 0.3) is 0 Å². The maximum atomic E-state index is 12.4. The van der Waals surface area contributed by atoms with Crippen LogP contribution in [0.15, 0.2) is 47.3 Å². The van der Waals surface area contributed by atoms with Gasteiger partial charge in [0.25, 0.3) is 0 Å². The molecule has 0 spiro atoms. The highest BCUT2D eigenvalue weighted by atomic mass is 32.1. The molecule has 0 bridgehead atoms. The largest absolute Gasteiger partial charge is 0.457 e. The molecule has 0 aliphatic heterocycles. The zero-order valence-corrected chi connectivity index (χ0v) is 14.3. The third-order valence-corrected chi connectivity index (χ3v) is 5.19. The number of ether oxygens (including phenoxy) is 1. The number of hydrogen-bond acceptors (Lipinski definition) is 5. The second-order valence-electron chi connectivity index (χ2n) is 5.91. The van der Waals surface area contributed by atoms with Crippen molar-refractivity contribution in [1.82, 2.24) is 10.3 Å². The molecular weight excluding hydrogens is 324 g/mol. The fraction of sp³-hybridized carbons (Fsp3) is 0.389. The highest BCUT2D eigenvalue weighted by molar-refractivity contribution is 7.80. The van der Waals surface area contributed by atoms with Crippen molar-refractivity contribution in [3.63, 3.8) is 0 Å². The van der Waals surface area contributed by atoms with E-state index in [4.69, 9.17) is 21.4 Å². The number of aromatic nitrogens is 1. The lowest BCUT2D eigenvalue weighted by molar-refractivity contribution is 0.00126. The van der Waals surface area contributed by atoms with Crippen molar-refractivity contribution in [2.24, 2.45) is 0 Å². The predicted octanol–water partition coefficient (Wildman–Crippen LogP) is 3.26. The number of furan rings is 1. The Hall–Kier alpha value is -2.21. The first kappa shape index (κ1) is 16.6. The average molecular weight is 344 g/mol. The monoisotopic (exact) mass is 344 g/mol. The van der Waals surface area contributed by atoms with E-state index in [0.717, 1.165) is 31.2 Å². The standard InChI is InChI=1S/C18H20N2O3S/c1-19-17(24)18(13-6-4-10-20-12-13)9-3-2-8-15(18)23-16(21)14-7-5-11-22-14/h4-7,10-12,15H,2-3,8-9H2,1H3,(H,19,24). The smallest absolute Gasteiger partial charge is 0.374 e. The minimum atomic E-state index is -0.557. The van der Waals surface area contributed by atoms with Gasteiger partial charge in [0, 0.05) is 19.4 Å². The van der Waals surface area contributed by atoms with E-state index in [0.29, 0.717) is 4.99 Å². The van der Waals surface area contributed by atoms with E-state index in [1.165, 1.54) is 6.26 Å². The molecule has 2 unspecified atom stereocenters. The maximum absolute atomic E-state index is 12.4. The molecule has 0 amide bonds. The predicted molar refractivity (Wildman–Crippen MR) is 94.0 cm³/mol. The van der Waals surface area contributed by atoms with Gasteiger partial charge in [0.1, 0.15) is 6.10 Å². The van der Waals surface area contributed by atoms with Crippen LogP contribution in [-0.4, -0.2) is 29.1 Å². The molecule has 6 heteroatoms. The van der Waals surface area contributed by atoms with Crippen LogP contribution >= 0.6 is 12.2 Å². The molecule has 2 aromatic rings. The molecule has 126 valence electrons. The fourth-order valence-corrected chi connectivity index (χ4v) is 3.80. The van der Waals surface area contributed by atoms with Crippen LogP contribution < -0.4 is 5.32 Å². The number of likely N-dealkylation sites (N-methyl/N-ethyl adjacent to an activating group) is 1. The zero-order valence-electron chi connectivity index (χ0n) is 13.5. The number of nitrogens with zero attached hydrogens (tertiary/aromatic N) is 1. The Morgan fingerprint density at radius 3 is 2.96 bits per heavy atom. The highest BCUT2D eigenvalue weighted by Gasteiger charge is 2.48. The number of rotatable bonds is 4. The first-order valence-electron chi connectivity index (χ1n) is 8.05. The van der Waals surface area contributed by atoms with E-state index in [2.05, 4.69) is 10.3 Å². The Kier molecular flexibility index (Phi) is 4.94. The summed E-state index contributed by atoms with van der Waals surface area (Å²) in [4.78, 5) is 17.3. The summed E-state index contributed by atoms with van der Waals surface area (Å²) >= 11 is 5.65. The lowest BCUT2D eigenvalue weighted by atomic mass is 9.67. The van der Waals surface area contributed by atoms with Gasteiger partial charge in [-0.05, 0) is 43.0 Å². The van der Waals surface area contributed by atoms with Crippen molar-refractivity contribution >= 4 is 23.2 Å². The van der Waals surface area contributed by atoms with Gasteiger partial charge < -0.3 is 14.5 Å². The molecule has 2 heterocycles. The van der Waals surface area contributed by atoms with E-state index >= 15 is 0 Å². The molecule has 1 fully saturated rings. The Balaban J connectivity index is 1.97. The van der Waals surface area contributed by atoms with Crippen molar-refractivity contribution in [2.75, 3.05) is 7.05 Å². The van der Waals surface area contributed by atoms with Gasteiger partial charge >= 0.3 is 5.97 Å². The molecule has 1 aliphatic rings. The summed E-state index contributed by atoms with van der Waals surface area (Å²) in [6.45, 7) is 0. The first-order chi connectivity index (χ1) is 11.7. The molecule has 1 saturated carbocycles. The van der Waals surface area contributed by atoms with E-state index in [-0.39, 0.29) is 11.9 Å². The molecule has 0 aromatic carbocycles. The topological polar surface area (TPSA) is 64.4 Å². The molecule has 1 aliphatic carbocycles. The molecule has 24 heavy (non-hydrogen) atoms. The van der Waals surface area contributed by atoms with E-state index < -0.39 is 11.4 Å². The number of thiocarbonyl (C=S) groups is 1. The molecule has 1 N–H and O–H groups in total. The van der Waals surface area contributed by atoms with Gasteiger partial charge in [-0.2, -0.15) is 0 Å². The van der Waals surface area contributed by atoms with E-state index in [9.17, 15) is 4.79 Å². The molecule has 0 radical (unpaired) electrons. The quantitative estimate of drug-likeness (QED) is 0.678. The average Bonchev–Trinajstić information content (AvgIpc) is 3.17. The second-order valence-corrected chi connectivity index (χ2v) is 6.32. The number of esters is 1. The number of nitrogens with one attached hydrogen (secondary N) is 1. The summed E-state index contributed by atoms with van der Waals surface area (Å²) in [5.74, 6) is -0.255. The fourth-order valence-electron chi connectivity index (χ4n) is 3.45. The molecular formula is C18H20N2O3S. The van der Waals surface area contributed by atoms with Gasteiger partial charge in [-0.3, -0.25) is 4.98 Å². The first-order valence-corrected chi connectivity index (χ1v) is 8.46. The van der Waals surface area contributed by atoms with E-state index in [1.54, 1.807) is 25.4 Å².